The third-order valence-corrected chi connectivity index (χ3v) is 9.19. The number of carbonyl (C=O) groups excluding carboxylic acids is 1. The summed E-state index contributed by atoms with van der Waals surface area (Å²) in [4.78, 5) is 20.9. The fourth-order valence-electron chi connectivity index (χ4n) is 6.27. The van der Waals surface area contributed by atoms with Gasteiger partial charge in [-0.05, 0) is 73.3 Å². The van der Waals surface area contributed by atoms with Gasteiger partial charge in [0.25, 0.3) is 0 Å². The molecule has 1 N–H and O–H groups in total. The molecule has 0 unspecified atom stereocenters. The SMILES string of the molecule is CC(C)Cc1coc2ccc(-c3cc(-c4[c-]c5ccccc5c(C(C)(C)C)c4)ncn3)cc12.CCC(CC)C(=O)/C=C(\O)C(CC)CC.[Ir]. The van der Waals surface area contributed by atoms with Crippen LogP contribution >= 0.6 is 0 Å². The van der Waals surface area contributed by atoms with E-state index in [4.69, 9.17) is 4.42 Å². The van der Waals surface area contributed by atoms with Crippen LogP contribution in [0.2, 0.25) is 0 Å². The van der Waals surface area contributed by atoms with Crippen molar-refractivity contribution < 1.29 is 34.4 Å². The van der Waals surface area contributed by atoms with Crippen LogP contribution in [0.4, 0.5) is 0 Å². The first-order valence-electron chi connectivity index (χ1n) is 17.6. The van der Waals surface area contributed by atoms with Crippen LogP contribution in [0.3, 0.4) is 0 Å². The Morgan fingerprint density at radius 1 is 0.878 bits per heavy atom. The predicted molar refractivity (Wildman–Crippen MR) is 200 cm³/mol. The number of aromatic nitrogens is 2. The summed E-state index contributed by atoms with van der Waals surface area (Å²) in [6, 6.07) is 22.6. The van der Waals surface area contributed by atoms with Crippen molar-refractivity contribution in [1.29, 1.82) is 0 Å². The standard InChI is InChI=1S/C30H29N2O.C13H24O2.Ir/c1-19(2)12-23-17-33-29-11-10-21(14-25(23)29)27-16-28(32-18-31-27)22-13-20-8-6-7-9-24(20)26(15-22)30(3,4)5;1-5-10(6-2)12(14)9-13(15)11(7-3)8-4;/h6-11,14-19H,12H2,1-5H3;9-11,14H,5-8H2,1-4H3;/q-1;;/b;12-9-;. The molecule has 0 amide bonds. The van der Waals surface area contributed by atoms with Crippen LogP contribution in [0.5, 0.6) is 0 Å². The van der Waals surface area contributed by atoms with E-state index >= 15 is 0 Å². The van der Waals surface area contributed by atoms with Crippen molar-refractivity contribution >= 4 is 27.5 Å². The number of allylic oxidation sites excluding steroid dienone is 2. The number of aliphatic hydroxyl groups is 1. The summed E-state index contributed by atoms with van der Waals surface area (Å²) in [6.07, 6.45) is 9.44. The van der Waals surface area contributed by atoms with Gasteiger partial charge in [-0.2, -0.15) is 0 Å². The number of nitrogens with zero attached hydrogens (tertiary/aromatic N) is 2. The molecule has 0 bridgehead atoms. The van der Waals surface area contributed by atoms with Crippen molar-refractivity contribution in [2.75, 3.05) is 0 Å². The maximum absolute atomic E-state index is 11.7. The molecule has 3 aromatic carbocycles. The molecule has 5 aromatic rings. The number of benzene rings is 3. The predicted octanol–water partition coefficient (Wildman–Crippen LogP) is 11.9. The van der Waals surface area contributed by atoms with E-state index in [1.807, 2.05) is 40.0 Å². The Hall–Kier alpha value is -3.60. The number of hydrogen-bond donors (Lipinski definition) is 1. The molecule has 0 aliphatic rings. The van der Waals surface area contributed by atoms with Gasteiger partial charge in [0.15, 0.2) is 5.78 Å². The van der Waals surface area contributed by atoms with Crippen LogP contribution in [-0.2, 0) is 36.7 Å². The first-order chi connectivity index (χ1) is 22.9. The minimum atomic E-state index is 0. The smallest absolute Gasteiger partial charge is 0.162 e. The maximum atomic E-state index is 11.7. The molecule has 49 heavy (non-hydrogen) atoms. The number of aliphatic hydroxyl groups excluding tert-OH is 1. The van der Waals surface area contributed by atoms with Crippen molar-refractivity contribution in [1.82, 2.24) is 9.97 Å². The molecule has 2 aromatic heterocycles. The zero-order valence-corrected chi connectivity index (χ0v) is 33.1. The number of hydrogen-bond acceptors (Lipinski definition) is 5. The molecule has 5 rings (SSSR count). The van der Waals surface area contributed by atoms with Gasteiger partial charge in [-0.3, -0.25) is 9.78 Å². The molecule has 0 fully saturated rings. The van der Waals surface area contributed by atoms with Gasteiger partial charge in [-0.1, -0.05) is 91.5 Å². The van der Waals surface area contributed by atoms with Gasteiger partial charge in [0, 0.05) is 54.7 Å². The number of furan rings is 1. The molecule has 0 atom stereocenters. The molecule has 0 spiro atoms. The van der Waals surface area contributed by atoms with Crippen LogP contribution in [0, 0.1) is 23.8 Å². The number of fused-ring (bicyclic) bond motifs is 2. The van der Waals surface area contributed by atoms with E-state index in [0.29, 0.717) is 5.92 Å². The summed E-state index contributed by atoms with van der Waals surface area (Å²) >= 11 is 0. The molecule has 263 valence electrons. The van der Waals surface area contributed by atoms with E-state index in [2.05, 4.69) is 99.2 Å². The average Bonchev–Trinajstić information content (AvgIpc) is 3.46. The monoisotopic (exact) mass is 838 g/mol. The van der Waals surface area contributed by atoms with Gasteiger partial charge in [-0.15, -0.1) is 29.1 Å². The van der Waals surface area contributed by atoms with Crippen molar-refractivity contribution in [2.45, 2.75) is 99.8 Å². The maximum Gasteiger partial charge on any atom is 0.162 e. The Balaban J connectivity index is 0.000000347. The molecule has 0 aliphatic carbocycles. The minimum absolute atomic E-state index is 0. The van der Waals surface area contributed by atoms with E-state index in [-0.39, 0.29) is 48.9 Å². The van der Waals surface area contributed by atoms with Crippen molar-refractivity contribution in [3.63, 3.8) is 0 Å². The quantitative estimate of drug-likeness (QED) is 0.0815. The van der Waals surface area contributed by atoms with Gasteiger partial charge in [-0.25, -0.2) is 4.98 Å². The molecule has 0 saturated carbocycles. The molecular weight excluding hydrogens is 785 g/mol. The average molecular weight is 838 g/mol. The molecule has 5 nitrogen and oxygen atoms in total. The molecule has 0 saturated heterocycles. The first-order valence-corrected chi connectivity index (χ1v) is 17.6. The third kappa shape index (κ3) is 9.99. The van der Waals surface area contributed by atoms with E-state index in [9.17, 15) is 9.90 Å². The minimum Gasteiger partial charge on any atom is -0.512 e. The van der Waals surface area contributed by atoms with E-state index in [1.54, 1.807) is 6.33 Å². The second-order valence-corrected chi connectivity index (χ2v) is 14.2. The Labute approximate surface area is 307 Å². The molecule has 2 heterocycles. The van der Waals surface area contributed by atoms with E-state index in [1.165, 1.54) is 22.6 Å². The van der Waals surface area contributed by atoms with Crippen LogP contribution < -0.4 is 0 Å². The second-order valence-electron chi connectivity index (χ2n) is 14.2. The molecule has 0 aliphatic heterocycles. The third-order valence-electron chi connectivity index (χ3n) is 9.19. The van der Waals surface area contributed by atoms with Gasteiger partial charge < -0.3 is 9.52 Å². The Bertz CT molecular complexity index is 1860. The number of rotatable bonds is 11. The summed E-state index contributed by atoms with van der Waals surface area (Å²) < 4.78 is 5.78. The fourth-order valence-corrected chi connectivity index (χ4v) is 6.27. The van der Waals surface area contributed by atoms with Crippen LogP contribution in [-0.4, -0.2) is 20.9 Å². The summed E-state index contributed by atoms with van der Waals surface area (Å²) in [7, 11) is 0. The van der Waals surface area contributed by atoms with Crippen molar-refractivity contribution in [3.8, 4) is 22.5 Å². The molecular formula is C43H53IrN2O3-. The van der Waals surface area contributed by atoms with Gasteiger partial charge >= 0.3 is 0 Å². The second kappa shape index (κ2) is 17.9. The summed E-state index contributed by atoms with van der Waals surface area (Å²) in [5, 5.41) is 13.3. The summed E-state index contributed by atoms with van der Waals surface area (Å²) in [5.41, 5.74) is 7.31. The Kier molecular flexibility index (Phi) is 14.5. The molecule has 1 radical (unpaired) electrons. The zero-order chi connectivity index (χ0) is 35.0. The van der Waals surface area contributed by atoms with Gasteiger partial charge in [0.1, 0.15) is 11.9 Å². The van der Waals surface area contributed by atoms with E-state index in [0.717, 1.165) is 71.0 Å². The van der Waals surface area contributed by atoms with Crippen LogP contribution in [0.1, 0.15) is 99.1 Å². The topological polar surface area (TPSA) is 76.2 Å². The fraction of sp³-hybridized carbons (Fsp3) is 0.419. The van der Waals surface area contributed by atoms with Gasteiger partial charge in [0.05, 0.1) is 17.7 Å². The van der Waals surface area contributed by atoms with E-state index < -0.39 is 0 Å². The van der Waals surface area contributed by atoms with Crippen molar-refractivity contribution in [3.05, 3.63) is 96.2 Å². The zero-order valence-electron chi connectivity index (χ0n) is 30.7. The summed E-state index contributed by atoms with van der Waals surface area (Å²) in [5.74, 6) is 1.12. The Morgan fingerprint density at radius 3 is 2.16 bits per heavy atom. The van der Waals surface area contributed by atoms with Crippen molar-refractivity contribution in [2.24, 2.45) is 17.8 Å². The van der Waals surface area contributed by atoms with Gasteiger partial charge in [0.2, 0.25) is 0 Å². The summed E-state index contributed by atoms with van der Waals surface area (Å²) in [6.45, 7) is 19.3. The molecule has 6 heteroatoms. The largest absolute Gasteiger partial charge is 0.512 e. The Morgan fingerprint density at radius 2 is 1.53 bits per heavy atom. The van der Waals surface area contributed by atoms with Crippen LogP contribution in [0.15, 0.2) is 83.4 Å². The van der Waals surface area contributed by atoms with Crippen LogP contribution in [0.25, 0.3) is 44.3 Å². The first kappa shape index (κ1) is 39.8. The number of ketones is 1. The number of carbonyl (C=O) groups is 1. The normalized spacial score (nSPS) is 12.0.